The molecule has 0 bridgehead atoms. The third-order valence-electron chi connectivity index (χ3n) is 4.46. The molecule has 0 spiro atoms. The van der Waals surface area contributed by atoms with Crippen molar-refractivity contribution in [2.45, 2.75) is 19.9 Å². The van der Waals surface area contributed by atoms with Gasteiger partial charge in [0.15, 0.2) is 5.78 Å². The lowest BCUT2D eigenvalue weighted by Crippen LogP contribution is -2.34. The average molecular weight is 331 g/mol. The Bertz CT molecular complexity index is 902. The van der Waals surface area contributed by atoms with Crippen LogP contribution in [0.4, 0.5) is 0 Å². The van der Waals surface area contributed by atoms with Crippen LogP contribution in [0.2, 0.25) is 0 Å². The third-order valence-corrected chi connectivity index (χ3v) is 4.46. The number of rotatable bonds is 5. The van der Waals surface area contributed by atoms with Crippen LogP contribution in [0.5, 0.6) is 0 Å². The predicted molar refractivity (Wildman–Crippen MR) is 100 cm³/mol. The maximum absolute atomic E-state index is 12.9. The van der Waals surface area contributed by atoms with Crippen molar-refractivity contribution in [1.82, 2.24) is 5.32 Å². The molecule has 3 aromatic carbocycles. The number of carbonyl (C=O) groups is 2. The zero-order valence-electron chi connectivity index (χ0n) is 14.4. The van der Waals surface area contributed by atoms with E-state index in [1.54, 1.807) is 0 Å². The van der Waals surface area contributed by atoms with Crippen LogP contribution in [0.25, 0.3) is 10.8 Å². The Labute approximate surface area is 147 Å². The molecule has 0 aliphatic heterocycles. The molecule has 0 aliphatic rings. The van der Waals surface area contributed by atoms with Crippen molar-refractivity contribution in [3.63, 3.8) is 0 Å². The molecule has 3 heteroatoms. The van der Waals surface area contributed by atoms with Crippen LogP contribution < -0.4 is 5.32 Å². The van der Waals surface area contributed by atoms with Gasteiger partial charge in [-0.1, -0.05) is 73.7 Å². The van der Waals surface area contributed by atoms with E-state index in [1.807, 2.05) is 79.7 Å². The minimum Gasteiger partial charge on any atom is -0.349 e. The molecule has 2 atom stereocenters. The van der Waals surface area contributed by atoms with Gasteiger partial charge in [-0.15, -0.1) is 0 Å². The number of hydrogen-bond donors (Lipinski definition) is 1. The number of Topliss-reactive ketones (excluding diaryl/α,β-unsaturated/α-hetero) is 1. The van der Waals surface area contributed by atoms with Gasteiger partial charge in [-0.25, -0.2) is 0 Å². The molecule has 25 heavy (non-hydrogen) atoms. The summed E-state index contributed by atoms with van der Waals surface area (Å²) in [6, 6.07) is 23.0. The van der Waals surface area contributed by atoms with Crippen molar-refractivity contribution < 1.29 is 9.59 Å². The summed E-state index contributed by atoms with van der Waals surface area (Å²) in [5, 5.41) is 5.18. The zero-order chi connectivity index (χ0) is 17.8. The molecule has 0 aromatic heterocycles. The molecule has 0 saturated carbocycles. The number of nitrogens with one attached hydrogen (secondary N) is 1. The first kappa shape index (κ1) is 16.9. The first-order valence-corrected chi connectivity index (χ1v) is 8.41. The Morgan fingerprint density at radius 1 is 0.840 bits per heavy atom. The first-order valence-electron chi connectivity index (χ1n) is 8.41. The highest BCUT2D eigenvalue weighted by molar-refractivity contribution is 5.98. The highest BCUT2D eigenvalue weighted by atomic mass is 16.1. The molecule has 0 fully saturated rings. The molecular weight excluding hydrogens is 310 g/mol. The van der Waals surface area contributed by atoms with E-state index in [9.17, 15) is 9.59 Å². The molecule has 1 N–H and O–H groups in total. The topological polar surface area (TPSA) is 46.2 Å². The molecule has 3 aromatic rings. The summed E-state index contributed by atoms with van der Waals surface area (Å²) in [5.41, 5.74) is 1.59. The molecular formula is C22H21NO2. The highest BCUT2D eigenvalue weighted by Crippen LogP contribution is 2.28. The summed E-state index contributed by atoms with van der Waals surface area (Å²) in [6.07, 6.45) is 0. The summed E-state index contributed by atoms with van der Waals surface area (Å²) in [5.74, 6) is -0.495. The molecule has 0 aliphatic carbocycles. The molecule has 0 saturated heterocycles. The van der Waals surface area contributed by atoms with Crippen LogP contribution in [-0.4, -0.2) is 11.7 Å². The summed E-state index contributed by atoms with van der Waals surface area (Å²) in [4.78, 5) is 24.6. The highest BCUT2D eigenvalue weighted by Gasteiger charge is 2.27. The zero-order valence-corrected chi connectivity index (χ0v) is 14.4. The largest absolute Gasteiger partial charge is 0.349 e. The van der Waals surface area contributed by atoms with Crippen LogP contribution in [0.15, 0.2) is 72.8 Å². The smallest absolute Gasteiger partial charge is 0.217 e. The second kappa shape index (κ2) is 7.31. The maximum Gasteiger partial charge on any atom is 0.217 e. The van der Waals surface area contributed by atoms with Gasteiger partial charge in [-0.3, -0.25) is 9.59 Å². The summed E-state index contributed by atoms with van der Waals surface area (Å²) < 4.78 is 0. The van der Waals surface area contributed by atoms with Crippen molar-refractivity contribution in [3.05, 3.63) is 83.9 Å². The van der Waals surface area contributed by atoms with E-state index in [0.29, 0.717) is 5.56 Å². The van der Waals surface area contributed by atoms with E-state index in [1.165, 1.54) is 6.92 Å². The lowest BCUT2D eigenvalue weighted by atomic mass is 9.87. The van der Waals surface area contributed by atoms with Crippen molar-refractivity contribution in [2.75, 3.05) is 0 Å². The SMILES string of the molecule is CC(=O)NC(c1ccc2ccccc2c1)C(C)C(=O)c1ccccc1. The van der Waals surface area contributed by atoms with Gasteiger partial charge in [-0.2, -0.15) is 0 Å². The van der Waals surface area contributed by atoms with E-state index in [-0.39, 0.29) is 23.7 Å². The van der Waals surface area contributed by atoms with Crippen LogP contribution in [0.3, 0.4) is 0 Å². The van der Waals surface area contributed by atoms with Gasteiger partial charge in [-0.05, 0) is 22.4 Å². The Balaban J connectivity index is 1.98. The maximum atomic E-state index is 12.9. The van der Waals surface area contributed by atoms with Gasteiger partial charge in [0.2, 0.25) is 5.91 Å². The average Bonchev–Trinajstić information content (AvgIpc) is 2.65. The Morgan fingerprint density at radius 3 is 2.16 bits per heavy atom. The summed E-state index contributed by atoms with van der Waals surface area (Å²) in [7, 11) is 0. The molecule has 2 unspecified atom stereocenters. The van der Waals surface area contributed by atoms with Crippen molar-refractivity contribution in [2.24, 2.45) is 5.92 Å². The molecule has 3 rings (SSSR count). The van der Waals surface area contributed by atoms with Crippen molar-refractivity contribution >= 4 is 22.5 Å². The quantitative estimate of drug-likeness (QED) is 0.698. The molecule has 1 amide bonds. The van der Waals surface area contributed by atoms with E-state index < -0.39 is 0 Å². The molecule has 3 nitrogen and oxygen atoms in total. The van der Waals surface area contributed by atoms with Gasteiger partial charge in [0, 0.05) is 18.4 Å². The Morgan fingerprint density at radius 2 is 1.48 bits per heavy atom. The molecule has 0 radical (unpaired) electrons. The third kappa shape index (κ3) is 3.77. The number of fused-ring (bicyclic) bond motifs is 1. The monoisotopic (exact) mass is 331 g/mol. The Hall–Kier alpha value is -2.94. The molecule has 126 valence electrons. The Kier molecular flexibility index (Phi) is 4.94. The minimum atomic E-state index is -0.368. The van der Waals surface area contributed by atoms with Crippen molar-refractivity contribution in [3.8, 4) is 0 Å². The van der Waals surface area contributed by atoms with Gasteiger partial charge in [0.25, 0.3) is 0 Å². The first-order chi connectivity index (χ1) is 12.1. The van der Waals surface area contributed by atoms with E-state index in [2.05, 4.69) is 5.32 Å². The standard InChI is InChI=1S/C22H21NO2/c1-15(22(25)18-9-4-3-5-10-18)21(23-16(2)24)20-13-12-17-8-6-7-11-19(17)14-20/h3-15,21H,1-2H3,(H,23,24). The molecule has 0 heterocycles. The second-order valence-corrected chi connectivity index (χ2v) is 6.30. The van der Waals surface area contributed by atoms with E-state index >= 15 is 0 Å². The summed E-state index contributed by atoms with van der Waals surface area (Å²) in [6.45, 7) is 3.35. The number of amides is 1. The van der Waals surface area contributed by atoms with Gasteiger partial charge >= 0.3 is 0 Å². The van der Waals surface area contributed by atoms with E-state index in [0.717, 1.165) is 16.3 Å². The summed E-state index contributed by atoms with van der Waals surface area (Å²) >= 11 is 0. The lowest BCUT2D eigenvalue weighted by molar-refractivity contribution is -0.119. The van der Waals surface area contributed by atoms with Crippen LogP contribution in [-0.2, 0) is 4.79 Å². The van der Waals surface area contributed by atoms with E-state index in [4.69, 9.17) is 0 Å². The fourth-order valence-electron chi connectivity index (χ4n) is 3.13. The van der Waals surface area contributed by atoms with Gasteiger partial charge < -0.3 is 5.32 Å². The van der Waals surface area contributed by atoms with Crippen LogP contribution in [0, 0.1) is 5.92 Å². The minimum absolute atomic E-state index is 0.0208. The fraction of sp³-hybridized carbons (Fsp3) is 0.182. The fourth-order valence-corrected chi connectivity index (χ4v) is 3.13. The van der Waals surface area contributed by atoms with Gasteiger partial charge in [0.05, 0.1) is 6.04 Å². The lowest BCUT2D eigenvalue weighted by Gasteiger charge is -2.25. The van der Waals surface area contributed by atoms with Crippen LogP contribution >= 0.6 is 0 Å². The number of carbonyl (C=O) groups excluding carboxylic acids is 2. The van der Waals surface area contributed by atoms with Crippen molar-refractivity contribution in [1.29, 1.82) is 0 Å². The number of hydrogen-bond acceptors (Lipinski definition) is 2. The van der Waals surface area contributed by atoms with Crippen LogP contribution in [0.1, 0.15) is 35.8 Å². The number of ketones is 1. The predicted octanol–water partition coefficient (Wildman–Crippen LogP) is 4.54. The second-order valence-electron chi connectivity index (χ2n) is 6.30. The van der Waals surface area contributed by atoms with Gasteiger partial charge in [0.1, 0.15) is 0 Å². The normalized spacial score (nSPS) is 13.2. The number of benzene rings is 3.